The second-order valence-electron chi connectivity index (χ2n) is 8.35. The van der Waals surface area contributed by atoms with Crippen molar-refractivity contribution < 1.29 is 27.4 Å². The van der Waals surface area contributed by atoms with Crippen LogP contribution in [0.3, 0.4) is 0 Å². The summed E-state index contributed by atoms with van der Waals surface area (Å²) >= 11 is 0. The van der Waals surface area contributed by atoms with Crippen molar-refractivity contribution in [3.63, 3.8) is 0 Å². The summed E-state index contributed by atoms with van der Waals surface area (Å²) in [6.07, 6.45) is 1.86. The fourth-order valence-electron chi connectivity index (χ4n) is 3.66. The summed E-state index contributed by atoms with van der Waals surface area (Å²) in [5, 5.41) is 0. The molecule has 0 spiro atoms. The van der Waals surface area contributed by atoms with E-state index in [0.717, 1.165) is 12.8 Å². The van der Waals surface area contributed by atoms with E-state index in [4.69, 9.17) is 14.2 Å². The molecule has 33 heavy (non-hydrogen) atoms. The highest BCUT2D eigenvalue weighted by molar-refractivity contribution is 7.89. The number of nitrogens with zero attached hydrogens (tertiary/aromatic N) is 1. The van der Waals surface area contributed by atoms with Crippen molar-refractivity contribution in [2.45, 2.75) is 37.6 Å². The summed E-state index contributed by atoms with van der Waals surface area (Å²) in [5.74, 6) is 2.03. The lowest BCUT2D eigenvalue weighted by molar-refractivity contribution is 0.0693. The molecule has 8 nitrogen and oxygen atoms in total. The third-order valence-electron chi connectivity index (χ3n) is 5.70. The SMILES string of the molecule is COc1ccc(OCC(C)NS(=O)(=O)c2ccc(OC)c(C(=O)N3CCC(C)CC3)c2)cc1. The van der Waals surface area contributed by atoms with E-state index in [2.05, 4.69) is 11.6 Å². The van der Waals surface area contributed by atoms with Crippen LogP contribution in [0.5, 0.6) is 17.2 Å². The number of carbonyl (C=O) groups is 1. The Labute approximate surface area is 195 Å². The van der Waals surface area contributed by atoms with Crippen LogP contribution in [0.25, 0.3) is 0 Å². The fraction of sp³-hybridized carbons (Fsp3) is 0.458. The summed E-state index contributed by atoms with van der Waals surface area (Å²) in [4.78, 5) is 14.9. The van der Waals surface area contributed by atoms with Gasteiger partial charge in [-0.1, -0.05) is 6.92 Å². The Kier molecular flexibility index (Phi) is 8.20. The maximum Gasteiger partial charge on any atom is 0.257 e. The molecule has 9 heteroatoms. The zero-order valence-electron chi connectivity index (χ0n) is 19.5. The van der Waals surface area contributed by atoms with Gasteiger partial charge in [0, 0.05) is 13.1 Å². The van der Waals surface area contributed by atoms with E-state index < -0.39 is 16.1 Å². The summed E-state index contributed by atoms with van der Waals surface area (Å²) in [7, 11) is -0.822. The van der Waals surface area contributed by atoms with Gasteiger partial charge in [-0.25, -0.2) is 13.1 Å². The minimum atomic E-state index is -3.87. The highest BCUT2D eigenvalue weighted by atomic mass is 32.2. The first-order valence-corrected chi connectivity index (χ1v) is 12.5. The van der Waals surface area contributed by atoms with E-state index in [0.29, 0.717) is 36.3 Å². The third kappa shape index (κ3) is 6.39. The molecule has 0 bridgehead atoms. The molecular formula is C24H32N2O6S. The number of piperidine rings is 1. The molecule has 1 amide bonds. The standard InChI is InChI=1S/C24H32N2O6S/c1-17-11-13-26(14-12-17)24(27)22-15-21(9-10-23(22)31-4)33(28,29)25-18(2)16-32-20-7-5-19(30-3)6-8-20/h5-10,15,17-18,25H,11-14,16H2,1-4H3. The number of nitrogens with one attached hydrogen (secondary N) is 1. The van der Waals surface area contributed by atoms with E-state index >= 15 is 0 Å². The van der Waals surface area contributed by atoms with Crippen LogP contribution in [0.2, 0.25) is 0 Å². The van der Waals surface area contributed by atoms with Crippen LogP contribution in [0.15, 0.2) is 47.4 Å². The van der Waals surface area contributed by atoms with E-state index in [9.17, 15) is 13.2 Å². The van der Waals surface area contributed by atoms with Gasteiger partial charge in [-0.15, -0.1) is 0 Å². The Balaban J connectivity index is 1.69. The van der Waals surface area contributed by atoms with Gasteiger partial charge in [0.2, 0.25) is 10.0 Å². The van der Waals surface area contributed by atoms with Gasteiger partial charge in [0.15, 0.2) is 0 Å². The van der Waals surface area contributed by atoms with Gasteiger partial charge in [0.25, 0.3) is 5.91 Å². The van der Waals surface area contributed by atoms with E-state index in [1.807, 2.05) is 0 Å². The molecule has 3 rings (SSSR count). The number of hydrogen-bond donors (Lipinski definition) is 1. The monoisotopic (exact) mass is 476 g/mol. The van der Waals surface area contributed by atoms with Gasteiger partial charge in [0.05, 0.1) is 30.7 Å². The lowest BCUT2D eigenvalue weighted by Gasteiger charge is -2.30. The predicted molar refractivity (Wildman–Crippen MR) is 126 cm³/mol. The average Bonchev–Trinajstić information content (AvgIpc) is 2.82. The first-order valence-electron chi connectivity index (χ1n) is 11.0. The van der Waals surface area contributed by atoms with Crippen LogP contribution >= 0.6 is 0 Å². The van der Waals surface area contributed by atoms with Crippen LogP contribution in [-0.4, -0.2) is 59.2 Å². The van der Waals surface area contributed by atoms with Gasteiger partial charge < -0.3 is 19.1 Å². The number of likely N-dealkylation sites (tertiary alicyclic amines) is 1. The molecule has 180 valence electrons. The van der Waals surface area contributed by atoms with Crippen LogP contribution < -0.4 is 18.9 Å². The molecule has 1 fully saturated rings. The smallest absolute Gasteiger partial charge is 0.257 e. The second-order valence-corrected chi connectivity index (χ2v) is 10.1. The Morgan fingerprint density at radius 1 is 1.06 bits per heavy atom. The molecule has 1 atom stereocenters. The molecule has 0 radical (unpaired) electrons. The zero-order chi connectivity index (χ0) is 24.0. The molecule has 1 aliphatic heterocycles. The van der Waals surface area contributed by atoms with Gasteiger partial charge >= 0.3 is 0 Å². The quantitative estimate of drug-likeness (QED) is 0.597. The summed E-state index contributed by atoms with van der Waals surface area (Å²) in [6.45, 7) is 5.32. The van der Waals surface area contributed by atoms with E-state index in [1.54, 1.807) is 43.2 Å². The van der Waals surface area contributed by atoms with Crippen molar-refractivity contribution in [3.8, 4) is 17.2 Å². The van der Waals surface area contributed by atoms with Crippen LogP contribution in [0.1, 0.15) is 37.0 Å². The number of rotatable bonds is 9. The number of sulfonamides is 1. The molecule has 2 aromatic rings. The highest BCUT2D eigenvalue weighted by Crippen LogP contribution is 2.26. The van der Waals surface area contributed by atoms with Gasteiger partial charge in [-0.2, -0.15) is 0 Å². The topological polar surface area (TPSA) is 94.2 Å². The molecule has 1 unspecified atom stereocenters. The van der Waals surface area contributed by atoms with Crippen LogP contribution in [0.4, 0.5) is 0 Å². The second kappa shape index (κ2) is 10.9. The summed E-state index contributed by atoms with van der Waals surface area (Å²) in [5.41, 5.74) is 0.247. The molecule has 1 heterocycles. The first-order chi connectivity index (χ1) is 15.7. The Morgan fingerprint density at radius 3 is 2.30 bits per heavy atom. The molecule has 0 aromatic heterocycles. The number of amides is 1. The Bertz CT molecular complexity index is 1050. The molecule has 0 saturated carbocycles. The van der Waals surface area contributed by atoms with E-state index in [-0.39, 0.29) is 23.0 Å². The van der Waals surface area contributed by atoms with Crippen LogP contribution in [0, 0.1) is 5.92 Å². The normalized spacial score (nSPS) is 15.7. The van der Waals surface area contributed by atoms with Crippen molar-refractivity contribution in [2.75, 3.05) is 33.9 Å². The largest absolute Gasteiger partial charge is 0.497 e. The molecule has 2 aromatic carbocycles. The average molecular weight is 477 g/mol. The maximum atomic E-state index is 13.1. The predicted octanol–water partition coefficient (Wildman–Crippen LogP) is 3.32. The van der Waals surface area contributed by atoms with E-state index in [1.165, 1.54) is 25.3 Å². The third-order valence-corrected chi connectivity index (χ3v) is 7.29. The summed E-state index contributed by atoms with van der Waals surface area (Å²) < 4.78 is 44.7. The highest BCUT2D eigenvalue weighted by Gasteiger charge is 2.26. The molecular weight excluding hydrogens is 444 g/mol. The van der Waals surface area contributed by atoms with Crippen molar-refractivity contribution in [2.24, 2.45) is 5.92 Å². The van der Waals surface area contributed by atoms with Gasteiger partial charge in [-0.3, -0.25) is 4.79 Å². The van der Waals surface area contributed by atoms with Crippen LogP contribution in [-0.2, 0) is 10.0 Å². The zero-order valence-corrected chi connectivity index (χ0v) is 20.4. The van der Waals surface area contributed by atoms with Crippen molar-refractivity contribution in [1.29, 1.82) is 0 Å². The number of ether oxygens (including phenoxy) is 3. The number of methoxy groups -OCH3 is 2. The van der Waals surface area contributed by atoms with Crippen molar-refractivity contribution in [1.82, 2.24) is 9.62 Å². The molecule has 0 aliphatic carbocycles. The minimum absolute atomic E-state index is 0.00771. The lowest BCUT2D eigenvalue weighted by atomic mass is 9.98. The molecule has 1 saturated heterocycles. The Morgan fingerprint density at radius 2 is 1.70 bits per heavy atom. The fourth-order valence-corrected chi connectivity index (χ4v) is 4.92. The molecule has 1 aliphatic rings. The molecule has 1 N–H and O–H groups in total. The number of benzene rings is 2. The number of carbonyl (C=O) groups excluding carboxylic acids is 1. The van der Waals surface area contributed by atoms with Gasteiger partial charge in [0.1, 0.15) is 23.9 Å². The van der Waals surface area contributed by atoms with Crippen molar-refractivity contribution in [3.05, 3.63) is 48.0 Å². The summed E-state index contributed by atoms with van der Waals surface area (Å²) in [6, 6.07) is 10.9. The first kappa shape index (κ1) is 24.9. The van der Waals surface area contributed by atoms with Crippen molar-refractivity contribution >= 4 is 15.9 Å². The van der Waals surface area contributed by atoms with Gasteiger partial charge in [-0.05, 0) is 68.1 Å². The lowest BCUT2D eigenvalue weighted by Crippen LogP contribution is -2.38. The number of hydrogen-bond acceptors (Lipinski definition) is 6. The minimum Gasteiger partial charge on any atom is -0.497 e. The maximum absolute atomic E-state index is 13.1. The Hall–Kier alpha value is -2.78.